The van der Waals surface area contributed by atoms with Gasteiger partial charge in [-0.25, -0.2) is 14.6 Å². The van der Waals surface area contributed by atoms with Crippen molar-refractivity contribution >= 4 is 6.09 Å². The van der Waals surface area contributed by atoms with Crippen molar-refractivity contribution in [2.45, 2.75) is 63.3 Å². The molecule has 1 saturated heterocycles. The number of carbonyl (C=O) groups excluding carboxylic acids is 1. The van der Waals surface area contributed by atoms with Crippen LogP contribution >= 0.6 is 0 Å². The average molecular weight is 363 g/mol. The maximum Gasteiger partial charge on any atom is 0.407 e. The summed E-state index contributed by atoms with van der Waals surface area (Å²) < 4.78 is 26.1. The molecule has 4 rings (SSSR count). The number of alkyl halides is 1. The van der Waals surface area contributed by atoms with E-state index in [1.54, 1.807) is 0 Å². The van der Waals surface area contributed by atoms with E-state index in [-0.39, 0.29) is 36.8 Å². The lowest BCUT2D eigenvalue weighted by atomic mass is 9.77. The number of fused-ring (bicyclic) bond motifs is 4. The molecule has 5 unspecified atom stereocenters. The molecule has 3 aliphatic rings. The Morgan fingerprint density at radius 1 is 1.23 bits per heavy atom. The number of nitrogens with one attached hydrogen (secondary N) is 3. The summed E-state index contributed by atoms with van der Waals surface area (Å²) in [6, 6.07) is 7.75. The summed E-state index contributed by atoms with van der Waals surface area (Å²) in [4.78, 5) is 11.8. The second-order valence-electron chi connectivity index (χ2n) is 7.55. The van der Waals surface area contributed by atoms with Crippen LogP contribution in [0.3, 0.4) is 0 Å². The van der Waals surface area contributed by atoms with Gasteiger partial charge in [-0.2, -0.15) is 0 Å². The van der Waals surface area contributed by atoms with Crippen LogP contribution in [-0.2, 0) is 16.1 Å². The van der Waals surface area contributed by atoms with Crippen LogP contribution in [0.25, 0.3) is 0 Å². The third kappa shape index (κ3) is 3.70. The zero-order chi connectivity index (χ0) is 18.1. The van der Waals surface area contributed by atoms with Gasteiger partial charge in [0.15, 0.2) is 0 Å². The lowest BCUT2D eigenvalue weighted by Gasteiger charge is -2.36. The van der Waals surface area contributed by atoms with Crippen molar-refractivity contribution in [2.75, 3.05) is 6.54 Å². The average Bonchev–Trinajstić information content (AvgIpc) is 3.04. The molecule has 0 aromatic heterocycles. The first-order chi connectivity index (χ1) is 12.6. The molecule has 0 radical (unpaired) electrons. The van der Waals surface area contributed by atoms with Gasteiger partial charge in [0.2, 0.25) is 0 Å². The van der Waals surface area contributed by atoms with Crippen LogP contribution in [0.15, 0.2) is 24.3 Å². The number of amides is 1. The van der Waals surface area contributed by atoms with Crippen LogP contribution in [0.5, 0.6) is 0 Å². The topological polar surface area (TPSA) is 71.6 Å². The van der Waals surface area contributed by atoms with E-state index in [0.29, 0.717) is 19.4 Å². The molecule has 7 heteroatoms. The number of rotatable bonds is 0. The van der Waals surface area contributed by atoms with Crippen molar-refractivity contribution in [3.05, 3.63) is 35.4 Å². The van der Waals surface area contributed by atoms with Gasteiger partial charge in [-0.15, -0.1) is 0 Å². The number of carbonyl (C=O) groups is 1. The largest absolute Gasteiger partial charge is 0.445 e. The first-order valence-electron chi connectivity index (χ1n) is 9.40. The SMILES string of the molecule is C[C@@H]1CCNC(=O)OCc2cccc(c2)C2NNC3C(F)CC(CC23)O1. The number of cyclic esters (lactones) is 1. The first kappa shape index (κ1) is 17.7. The molecule has 2 heterocycles. The van der Waals surface area contributed by atoms with Gasteiger partial charge in [-0.1, -0.05) is 24.3 Å². The molecule has 1 aromatic carbocycles. The molecule has 1 aliphatic carbocycles. The molecule has 1 aromatic rings. The van der Waals surface area contributed by atoms with Crippen LogP contribution in [0.2, 0.25) is 0 Å². The Balaban J connectivity index is 1.61. The van der Waals surface area contributed by atoms with E-state index < -0.39 is 12.3 Å². The third-order valence-corrected chi connectivity index (χ3v) is 5.63. The smallest absolute Gasteiger partial charge is 0.407 e. The third-order valence-electron chi connectivity index (χ3n) is 5.63. The van der Waals surface area contributed by atoms with Crippen molar-refractivity contribution in [1.29, 1.82) is 0 Å². The molecular formula is C19H26FN3O3. The zero-order valence-electron chi connectivity index (χ0n) is 14.9. The second-order valence-corrected chi connectivity index (χ2v) is 7.55. The minimum atomic E-state index is -0.939. The van der Waals surface area contributed by atoms with E-state index in [1.807, 2.05) is 31.2 Å². The molecular weight excluding hydrogens is 337 g/mol. The Morgan fingerprint density at radius 2 is 2.12 bits per heavy atom. The molecule has 6 nitrogen and oxygen atoms in total. The van der Waals surface area contributed by atoms with Crippen LogP contribution in [0.1, 0.15) is 43.4 Å². The first-order valence-corrected chi connectivity index (χ1v) is 9.40. The Morgan fingerprint density at radius 3 is 3.00 bits per heavy atom. The van der Waals surface area contributed by atoms with E-state index in [0.717, 1.165) is 17.5 Å². The second kappa shape index (κ2) is 7.50. The van der Waals surface area contributed by atoms with Crippen molar-refractivity contribution in [1.82, 2.24) is 16.2 Å². The summed E-state index contributed by atoms with van der Waals surface area (Å²) in [6.07, 6.45) is 0.368. The number of hydrazine groups is 1. The standard InChI is InChI=1S/C19H26FN3O3/c1-11-5-6-21-19(24)25-10-12-3-2-4-13(7-12)17-15-8-14(26-11)9-16(20)18(15)23-22-17/h2-4,7,11,14-18,22-23H,5-6,8-10H2,1H3,(H,21,24)/t11-,14?,15?,16?,17?,18?/m1/s1. The molecule has 0 spiro atoms. The molecule has 1 amide bonds. The van der Waals surface area contributed by atoms with E-state index in [2.05, 4.69) is 16.2 Å². The van der Waals surface area contributed by atoms with Gasteiger partial charge in [-0.3, -0.25) is 5.43 Å². The molecule has 1 saturated carbocycles. The normalized spacial score (nSPS) is 37.8. The zero-order valence-corrected chi connectivity index (χ0v) is 14.9. The van der Waals surface area contributed by atoms with Gasteiger partial charge in [0.25, 0.3) is 0 Å². The maximum atomic E-state index is 14.7. The number of alkyl carbamates (subject to hydrolysis) is 1. The van der Waals surface area contributed by atoms with E-state index in [1.165, 1.54) is 0 Å². The van der Waals surface area contributed by atoms with Crippen molar-refractivity contribution in [3.63, 3.8) is 0 Å². The summed E-state index contributed by atoms with van der Waals surface area (Å²) >= 11 is 0. The minimum absolute atomic E-state index is 0.0128. The Bertz CT molecular complexity index is 659. The highest BCUT2D eigenvalue weighted by Gasteiger charge is 2.47. The fourth-order valence-electron chi connectivity index (χ4n) is 4.34. The van der Waals surface area contributed by atoms with Crippen LogP contribution in [-0.4, -0.2) is 37.1 Å². The maximum absolute atomic E-state index is 14.7. The van der Waals surface area contributed by atoms with Crippen molar-refractivity contribution in [3.8, 4) is 0 Å². The highest BCUT2D eigenvalue weighted by molar-refractivity contribution is 5.67. The van der Waals surface area contributed by atoms with Crippen LogP contribution in [0.4, 0.5) is 9.18 Å². The van der Waals surface area contributed by atoms with E-state index in [4.69, 9.17) is 9.47 Å². The van der Waals surface area contributed by atoms with Crippen LogP contribution in [0, 0.1) is 5.92 Å². The Hall–Kier alpha value is -1.70. The summed E-state index contributed by atoms with van der Waals surface area (Å²) in [7, 11) is 0. The number of hydrogen-bond donors (Lipinski definition) is 3. The summed E-state index contributed by atoms with van der Waals surface area (Å²) in [5.41, 5.74) is 8.42. The summed E-state index contributed by atoms with van der Waals surface area (Å²) in [6.45, 7) is 2.66. The molecule has 142 valence electrons. The predicted octanol–water partition coefficient (Wildman–Crippen LogP) is 2.36. The summed E-state index contributed by atoms with van der Waals surface area (Å²) in [5.74, 6) is 0.122. The van der Waals surface area contributed by atoms with Gasteiger partial charge in [0.05, 0.1) is 24.3 Å². The van der Waals surface area contributed by atoms with E-state index >= 15 is 0 Å². The number of halogens is 1. The molecule has 6 atom stereocenters. The highest BCUT2D eigenvalue weighted by atomic mass is 19.1. The van der Waals surface area contributed by atoms with Gasteiger partial charge >= 0.3 is 6.09 Å². The lowest BCUT2D eigenvalue weighted by Crippen LogP contribution is -2.46. The molecule has 2 aliphatic heterocycles. The molecule has 26 heavy (non-hydrogen) atoms. The number of benzene rings is 1. The monoisotopic (exact) mass is 363 g/mol. The fraction of sp³-hybridized carbons (Fsp3) is 0.632. The van der Waals surface area contributed by atoms with Gasteiger partial charge in [-0.05, 0) is 30.9 Å². The number of ether oxygens (including phenoxy) is 2. The van der Waals surface area contributed by atoms with Crippen molar-refractivity contribution in [2.24, 2.45) is 5.92 Å². The fourth-order valence-corrected chi connectivity index (χ4v) is 4.34. The molecule has 4 bridgehead atoms. The van der Waals surface area contributed by atoms with Gasteiger partial charge < -0.3 is 14.8 Å². The minimum Gasteiger partial charge on any atom is -0.445 e. The molecule has 3 N–H and O–H groups in total. The van der Waals surface area contributed by atoms with Gasteiger partial charge in [0.1, 0.15) is 12.8 Å². The Kier molecular flexibility index (Phi) is 5.11. The number of hydrogen-bond acceptors (Lipinski definition) is 5. The highest BCUT2D eigenvalue weighted by Crippen LogP contribution is 2.40. The molecule has 2 fully saturated rings. The van der Waals surface area contributed by atoms with Crippen LogP contribution < -0.4 is 16.2 Å². The lowest BCUT2D eigenvalue weighted by molar-refractivity contribution is -0.0570. The Labute approximate surface area is 152 Å². The van der Waals surface area contributed by atoms with E-state index in [9.17, 15) is 9.18 Å². The van der Waals surface area contributed by atoms with Gasteiger partial charge in [0, 0.05) is 18.9 Å². The summed E-state index contributed by atoms with van der Waals surface area (Å²) in [5, 5.41) is 2.74. The quantitative estimate of drug-likeness (QED) is 0.660. The van der Waals surface area contributed by atoms with Crippen molar-refractivity contribution < 1.29 is 18.7 Å². The predicted molar refractivity (Wildman–Crippen MR) is 94.0 cm³/mol.